The van der Waals surface area contributed by atoms with E-state index in [1.54, 1.807) is 0 Å². The predicted molar refractivity (Wildman–Crippen MR) is 43.8 cm³/mol. The lowest BCUT2D eigenvalue weighted by Crippen LogP contribution is -2.32. The standard InChI is InChI=1S/C9H13NO/c11-9-6-5-7-3-1-2-4-8(7)10-9/h2,4,9-11H,1,3,5-6H2. The Morgan fingerprint density at radius 3 is 3.27 bits per heavy atom. The molecule has 60 valence electrons. The fraction of sp³-hybridized carbons (Fsp3) is 0.556. The molecule has 0 aromatic rings. The predicted octanol–water partition coefficient (Wildman–Crippen LogP) is 1.29. The summed E-state index contributed by atoms with van der Waals surface area (Å²) >= 11 is 0. The maximum Gasteiger partial charge on any atom is 0.124 e. The van der Waals surface area contributed by atoms with E-state index < -0.39 is 0 Å². The van der Waals surface area contributed by atoms with Crippen LogP contribution < -0.4 is 5.32 Å². The summed E-state index contributed by atoms with van der Waals surface area (Å²) in [7, 11) is 0. The lowest BCUT2D eigenvalue weighted by atomic mass is 9.94. The summed E-state index contributed by atoms with van der Waals surface area (Å²) in [5.41, 5.74) is 2.65. The van der Waals surface area contributed by atoms with Crippen molar-refractivity contribution in [3.05, 3.63) is 23.4 Å². The molecule has 1 aliphatic carbocycles. The zero-order chi connectivity index (χ0) is 7.68. The third kappa shape index (κ3) is 1.31. The van der Waals surface area contributed by atoms with Crippen LogP contribution in [-0.4, -0.2) is 11.3 Å². The highest BCUT2D eigenvalue weighted by Crippen LogP contribution is 2.25. The van der Waals surface area contributed by atoms with E-state index in [-0.39, 0.29) is 6.23 Å². The van der Waals surface area contributed by atoms with Crippen LogP contribution in [0.2, 0.25) is 0 Å². The monoisotopic (exact) mass is 151 g/mol. The van der Waals surface area contributed by atoms with Crippen molar-refractivity contribution in [3.8, 4) is 0 Å². The minimum atomic E-state index is -0.323. The lowest BCUT2D eigenvalue weighted by molar-refractivity contribution is 0.133. The van der Waals surface area contributed by atoms with Gasteiger partial charge in [0.1, 0.15) is 6.23 Å². The zero-order valence-corrected chi connectivity index (χ0v) is 6.51. The van der Waals surface area contributed by atoms with Crippen LogP contribution in [-0.2, 0) is 0 Å². The molecule has 0 bridgehead atoms. The summed E-state index contributed by atoms with van der Waals surface area (Å²) < 4.78 is 0. The largest absolute Gasteiger partial charge is 0.374 e. The minimum Gasteiger partial charge on any atom is -0.374 e. The SMILES string of the molecule is OC1CCC2=C(C=CCC2)N1. The smallest absolute Gasteiger partial charge is 0.124 e. The summed E-state index contributed by atoms with van der Waals surface area (Å²) in [6.45, 7) is 0. The Morgan fingerprint density at radius 1 is 1.45 bits per heavy atom. The van der Waals surface area contributed by atoms with Crippen LogP contribution in [0.5, 0.6) is 0 Å². The molecule has 2 nitrogen and oxygen atoms in total. The molecule has 0 radical (unpaired) electrons. The summed E-state index contributed by atoms with van der Waals surface area (Å²) in [6.07, 6.45) is 8.19. The van der Waals surface area contributed by atoms with Crippen molar-refractivity contribution in [2.75, 3.05) is 0 Å². The Kier molecular flexibility index (Phi) is 1.70. The molecule has 1 atom stereocenters. The van der Waals surface area contributed by atoms with Crippen molar-refractivity contribution in [3.63, 3.8) is 0 Å². The van der Waals surface area contributed by atoms with E-state index in [4.69, 9.17) is 0 Å². The minimum absolute atomic E-state index is 0.323. The maximum atomic E-state index is 9.27. The van der Waals surface area contributed by atoms with Crippen molar-refractivity contribution in [2.24, 2.45) is 0 Å². The molecule has 1 aliphatic heterocycles. The molecular formula is C9H13NO. The molecule has 0 saturated heterocycles. The number of rotatable bonds is 0. The zero-order valence-electron chi connectivity index (χ0n) is 6.51. The van der Waals surface area contributed by atoms with Crippen LogP contribution in [0.3, 0.4) is 0 Å². The van der Waals surface area contributed by atoms with E-state index in [2.05, 4.69) is 17.5 Å². The molecule has 11 heavy (non-hydrogen) atoms. The molecule has 1 unspecified atom stereocenters. The van der Waals surface area contributed by atoms with Crippen LogP contribution in [0, 0.1) is 0 Å². The molecule has 0 fully saturated rings. The fourth-order valence-electron chi connectivity index (χ4n) is 1.68. The van der Waals surface area contributed by atoms with Crippen LogP contribution in [0.25, 0.3) is 0 Å². The maximum absolute atomic E-state index is 9.27. The molecule has 0 spiro atoms. The van der Waals surface area contributed by atoms with Gasteiger partial charge in [0.25, 0.3) is 0 Å². The average Bonchev–Trinajstić information content (AvgIpc) is 2.04. The Morgan fingerprint density at radius 2 is 2.36 bits per heavy atom. The molecule has 2 N–H and O–H groups in total. The first-order chi connectivity index (χ1) is 5.36. The molecule has 0 aromatic heterocycles. The molecule has 0 aromatic carbocycles. The molecule has 2 rings (SSSR count). The van der Waals surface area contributed by atoms with E-state index in [0.717, 1.165) is 25.0 Å². The van der Waals surface area contributed by atoms with Gasteiger partial charge in [-0.1, -0.05) is 6.08 Å². The molecule has 0 saturated carbocycles. The molecule has 2 aliphatic rings. The molecule has 1 heterocycles. The van der Waals surface area contributed by atoms with Crippen molar-refractivity contribution >= 4 is 0 Å². The van der Waals surface area contributed by atoms with E-state index in [1.165, 1.54) is 12.0 Å². The molecular weight excluding hydrogens is 138 g/mol. The van der Waals surface area contributed by atoms with Crippen molar-refractivity contribution in [1.82, 2.24) is 5.32 Å². The van der Waals surface area contributed by atoms with Crippen LogP contribution in [0.4, 0.5) is 0 Å². The second-order valence-electron chi connectivity index (χ2n) is 3.16. The van der Waals surface area contributed by atoms with E-state index in [9.17, 15) is 5.11 Å². The normalized spacial score (nSPS) is 29.7. The first-order valence-corrected chi connectivity index (χ1v) is 4.19. The highest BCUT2D eigenvalue weighted by Gasteiger charge is 2.17. The summed E-state index contributed by atoms with van der Waals surface area (Å²) in [5.74, 6) is 0. The van der Waals surface area contributed by atoms with Crippen molar-refractivity contribution in [2.45, 2.75) is 31.9 Å². The van der Waals surface area contributed by atoms with Gasteiger partial charge in [0.05, 0.1) is 0 Å². The highest BCUT2D eigenvalue weighted by molar-refractivity contribution is 5.29. The van der Waals surface area contributed by atoms with Gasteiger partial charge in [0, 0.05) is 5.70 Å². The number of hydrogen-bond acceptors (Lipinski definition) is 2. The second kappa shape index (κ2) is 2.70. The Balaban J connectivity index is 2.19. The van der Waals surface area contributed by atoms with E-state index in [1.807, 2.05) is 0 Å². The van der Waals surface area contributed by atoms with Crippen LogP contribution in [0.1, 0.15) is 25.7 Å². The van der Waals surface area contributed by atoms with E-state index >= 15 is 0 Å². The van der Waals surface area contributed by atoms with Gasteiger partial charge in [-0.3, -0.25) is 0 Å². The van der Waals surface area contributed by atoms with Gasteiger partial charge in [-0.05, 0) is 37.3 Å². The Labute approximate surface area is 66.6 Å². The van der Waals surface area contributed by atoms with Crippen LogP contribution >= 0.6 is 0 Å². The first-order valence-electron chi connectivity index (χ1n) is 4.19. The summed E-state index contributed by atoms with van der Waals surface area (Å²) in [5, 5.41) is 12.3. The number of allylic oxidation sites excluding steroid dienone is 3. The summed E-state index contributed by atoms with van der Waals surface area (Å²) in [6, 6.07) is 0. The fourth-order valence-corrected chi connectivity index (χ4v) is 1.68. The highest BCUT2D eigenvalue weighted by atomic mass is 16.3. The third-order valence-corrected chi connectivity index (χ3v) is 2.32. The van der Waals surface area contributed by atoms with Crippen LogP contribution in [0.15, 0.2) is 23.4 Å². The third-order valence-electron chi connectivity index (χ3n) is 2.32. The number of nitrogens with one attached hydrogen (secondary N) is 1. The quantitative estimate of drug-likeness (QED) is 0.547. The lowest BCUT2D eigenvalue weighted by Gasteiger charge is -2.26. The van der Waals surface area contributed by atoms with Gasteiger partial charge in [-0.15, -0.1) is 0 Å². The Bertz CT molecular complexity index is 218. The van der Waals surface area contributed by atoms with Gasteiger partial charge >= 0.3 is 0 Å². The first kappa shape index (κ1) is 6.92. The van der Waals surface area contributed by atoms with Gasteiger partial charge < -0.3 is 10.4 Å². The number of aliphatic hydroxyl groups excluding tert-OH is 1. The average molecular weight is 151 g/mol. The number of hydrogen-bond donors (Lipinski definition) is 2. The Hall–Kier alpha value is -0.760. The molecule has 2 heteroatoms. The molecule has 0 amide bonds. The van der Waals surface area contributed by atoms with Gasteiger partial charge in [-0.2, -0.15) is 0 Å². The van der Waals surface area contributed by atoms with Gasteiger partial charge in [0.2, 0.25) is 0 Å². The van der Waals surface area contributed by atoms with Crippen molar-refractivity contribution in [1.29, 1.82) is 0 Å². The van der Waals surface area contributed by atoms with E-state index in [0.29, 0.717) is 0 Å². The summed E-state index contributed by atoms with van der Waals surface area (Å²) in [4.78, 5) is 0. The topological polar surface area (TPSA) is 32.3 Å². The van der Waals surface area contributed by atoms with Gasteiger partial charge in [-0.25, -0.2) is 0 Å². The van der Waals surface area contributed by atoms with Gasteiger partial charge in [0.15, 0.2) is 0 Å². The van der Waals surface area contributed by atoms with Crippen molar-refractivity contribution < 1.29 is 5.11 Å². The second-order valence-corrected chi connectivity index (χ2v) is 3.16. The number of aliphatic hydroxyl groups is 1.